The van der Waals surface area contributed by atoms with Crippen molar-refractivity contribution in [2.75, 3.05) is 52.5 Å². The first-order chi connectivity index (χ1) is 29.5. The van der Waals surface area contributed by atoms with Crippen LogP contribution in [0.2, 0.25) is 0 Å². The molecule has 0 saturated heterocycles. The predicted octanol–water partition coefficient (Wildman–Crippen LogP) is 14.0. The molecule has 2 atom stereocenters. The molecule has 1 fully saturated rings. The van der Waals surface area contributed by atoms with Crippen molar-refractivity contribution in [3.05, 3.63) is 0 Å². The Bertz CT molecular complexity index is 870. The van der Waals surface area contributed by atoms with E-state index in [2.05, 4.69) is 42.8 Å². The molecule has 60 heavy (non-hydrogen) atoms. The van der Waals surface area contributed by atoms with Crippen molar-refractivity contribution in [1.82, 2.24) is 15.1 Å². The van der Waals surface area contributed by atoms with Crippen molar-refractivity contribution in [3.63, 3.8) is 0 Å². The molecule has 0 aromatic rings. The van der Waals surface area contributed by atoms with Crippen molar-refractivity contribution in [1.29, 1.82) is 0 Å². The highest BCUT2D eigenvalue weighted by molar-refractivity contribution is 5.75. The topological polar surface area (TPSA) is 82.1 Å². The number of aliphatic hydroxyl groups is 1. The lowest BCUT2D eigenvalue weighted by atomic mass is 9.94. The normalized spacial score (nSPS) is 14.4. The van der Waals surface area contributed by atoms with Crippen LogP contribution in [0.1, 0.15) is 259 Å². The molecule has 7 heteroatoms. The highest BCUT2D eigenvalue weighted by atomic mass is 16.5. The van der Waals surface area contributed by atoms with Gasteiger partial charge < -0.3 is 20.1 Å². The molecule has 0 spiro atoms. The summed E-state index contributed by atoms with van der Waals surface area (Å²) in [5, 5.41) is 13.2. The van der Waals surface area contributed by atoms with Gasteiger partial charge in [-0.1, -0.05) is 182 Å². The van der Waals surface area contributed by atoms with Gasteiger partial charge in [0, 0.05) is 45.1 Å². The van der Waals surface area contributed by atoms with Gasteiger partial charge in [0.1, 0.15) is 0 Å². The summed E-state index contributed by atoms with van der Waals surface area (Å²) in [4.78, 5) is 30.9. The molecule has 2 N–H and O–H groups in total. The number of nitrogens with zero attached hydrogens (tertiary/aromatic N) is 2. The zero-order valence-electron chi connectivity index (χ0n) is 40.9. The molecule has 0 aromatic carbocycles. The van der Waals surface area contributed by atoms with E-state index in [1.54, 1.807) is 0 Å². The molecule has 1 amide bonds. The monoisotopic (exact) mass is 848 g/mol. The average molecular weight is 848 g/mol. The van der Waals surface area contributed by atoms with E-state index in [-0.39, 0.29) is 18.5 Å². The zero-order valence-corrected chi connectivity index (χ0v) is 40.9. The maximum absolute atomic E-state index is 12.9. The molecular formula is C53H105N3O4. The van der Waals surface area contributed by atoms with Gasteiger partial charge in [0.05, 0.1) is 13.2 Å². The molecule has 0 radical (unpaired) electrons. The third-order valence-electron chi connectivity index (χ3n) is 13.6. The quantitative estimate of drug-likeness (QED) is 0.0469. The molecule has 1 saturated carbocycles. The first-order valence-corrected chi connectivity index (χ1v) is 27.0. The van der Waals surface area contributed by atoms with Gasteiger partial charge in [-0.3, -0.25) is 14.5 Å². The van der Waals surface area contributed by atoms with Gasteiger partial charge >= 0.3 is 5.97 Å². The first-order valence-electron chi connectivity index (χ1n) is 27.0. The summed E-state index contributed by atoms with van der Waals surface area (Å²) in [5.41, 5.74) is 0. The Hall–Kier alpha value is -1.18. The van der Waals surface area contributed by atoms with Crippen molar-refractivity contribution in [2.24, 2.45) is 11.8 Å². The number of amides is 1. The van der Waals surface area contributed by atoms with E-state index in [9.17, 15) is 14.7 Å². The lowest BCUT2D eigenvalue weighted by Crippen LogP contribution is -2.42. The van der Waals surface area contributed by atoms with Crippen molar-refractivity contribution in [3.8, 4) is 0 Å². The van der Waals surface area contributed by atoms with Crippen LogP contribution in [0.4, 0.5) is 0 Å². The maximum Gasteiger partial charge on any atom is 0.305 e. The van der Waals surface area contributed by atoms with Crippen molar-refractivity contribution >= 4 is 11.9 Å². The van der Waals surface area contributed by atoms with Crippen LogP contribution in [-0.2, 0) is 14.3 Å². The number of unbranched alkanes of at least 4 members (excludes halogenated alkanes) is 20. The van der Waals surface area contributed by atoms with Gasteiger partial charge in [0.2, 0.25) is 5.91 Å². The predicted molar refractivity (Wildman–Crippen MR) is 259 cm³/mol. The highest BCUT2D eigenvalue weighted by Gasteiger charge is 2.22. The lowest BCUT2D eigenvalue weighted by molar-refractivity contribution is -0.145. The highest BCUT2D eigenvalue weighted by Crippen LogP contribution is 2.24. The molecule has 1 rings (SSSR count). The summed E-state index contributed by atoms with van der Waals surface area (Å²) in [6, 6.07) is 0.618. The summed E-state index contributed by atoms with van der Waals surface area (Å²) in [6.45, 7) is 15.7. The van der Waals surface area contributed by atoms with E-state index in [1.165, 1.54) is 180 Å². The summed E-state index contributed by atoms with van der Waals surface area (Å²) < 4.78 is 5.89. The summed E-state index contributed by atoms with van der Waals surface area (Å²) in [5.74, 6) is 1.38. The minimum atomic E-state index is -0.00564. The van der Waals surface area contributed by atoms with Crippen LogP contribution in [0.5, 0.6) is 0 Å². The third-order valence-corrected chi connectivity index (χ3v) is 13.6. The SMILES string of the molecule is CCCCCCCCC(CCCCCC)CNC(=O)CCCCCN(CCCCCC(=O)OCC(CCCCCC)CCCCCCCC)CCN(CCO)C1CCCC1. The zero-order chi connectivity index (χ0) is 43.6. The van der Waals surface area contributed by atoms with Crippen LogP contribution in [0, 0.1) is 11.8 Å². The number of carbonyl (C=O) groups excluding carboxylic acids is 2. The summed E-state index contributed by atoms with van der Waals surface area (Å²) >= 11 is 0. The molecule has 1 aliphatic rings. The number of esters is 1. The maximum atomic E-state index is 12.9. The number of hydrogen-bond acceptors (Lipinski definition) is 6. The third kappa shape index (κ3) is 34.3. The van der Waals surface area contributed by atoms with Crippen LogP contribution in [0.3, 0.4) is 0 Å². The van der Waals surface area contributed by atoms with E-state index in [4.69, 9.17) is 4.74 Å². The molecule has 356 valence electrons. The fourth-order valence-electron chi connectivity index (χ4n) is 9.49. The number of hydrogen-bond donors (Lipinski definition) is 2. The van der Waals surface area contributed by atoms with Crippen LogP contribution >= 0.6 is 0 Å². The number of aliphatic hydroxyl groups excluding tert-OH is 1. The van der Waals surface area contributed by atoms with E-state index in [0.29, 0.717) is 37.3 Å². The molecule has 2 unspecified atom stereocenters. The van der Waals surface area contributed by atoms with Crippen LogP contribution in [0.15, 0.2) is 0 Å². The van der Waals surface area contributed by atoms with Gasteiger partial charge in [0.25, 0.3) is 0 Å². The van der Waals surface area contributed by atoms with E-state index in [1.807, 2.05) is 0 Å². The summed E-state index contributed by atoms with van der Waals surface area (Å²) in [7, 11) is 0. The van der Waals surface area contributed by atoms with Crippen LogP contribution in [0.25, 0.3) is 0 Å². The second kappa shape index (κ2) is 43.1. The lowest BCUT2D eigenvalue weighted by Gasteiger charge is -2.31. The van der Waals surface area contributed by atoms with Crippen molar-refractivity contribution in [2.45, 2.75) is 265 Å². The Morgan fingerprint density at radius 1 is 0.533 bits per heavy atom. The van der Waals surface area contributed by atoms with Gasteiger partial charge in [-0.05, 0) is 89.1 Å². The molecule has 1 aliphatic carbocycles. The molecule has 0 heterocycles. The van der Waals surface area contributed by atoms with Crippen molar-refractivity contribution < 1.29 is 19.4 Å². The summed E-state index contributed by atoms with van der Waals surface area (Å²) in [6.07, 6.45) is 43.7. The Balaban J connectivity index is 2.51. The van der Waals surface area contributed by atoms with E-state index in [0.717, 1.165) is 77.8 Å². The fraction of sp³-hybridized carbons (Fsp3) is 0.962. The smallest absolute Gasteiger partial charge is 0.305 e. The number of rotatable bonds is 46. The Morgan fingerprint density at radius 2 is 0.983 bits per heavy atom. The Kier molecular flexibility index (Phi) is 40.8. The first kappa shape index (κ1) is 56.8. The number of nitrogens with one attached hydrogen (secondary N) is 1. The molecule has 7 nitrogen and oxygen atoms in total. The number of ether oxygens (including phenoxy) is 1. The van der Waals surface area contributed by atoms with Crippen LogP contribution in [-0.4, -0.2) is 85.3 Å². The van der Waals surface area contributed by atoms with E-state index >= 15 is 0 Å². The fourth-order valence-corrected chi connectivity index (χ4v) is 9.49. The minimum Gasteiger partial charge on any atom is -0.465 e. The minimum absolute atomic E-state index is 0.00564. The molecule has 0 aliphatic heterocycles. The number of carbonyl (C=O) groups is 2. The van der Waals surface area contributed by atoms with Crippen LogP contribution < -0.4 is 5.32 Å². The van der Waals surface area contributed by atoms with Gasteiger partial charge in [-0.2, -0.15) is 0 Å². The Morgan fingerprint density at radius 3 is 1.50 bits per heavy atom. The van der Waals surface area contributed by atoms with Gasteiger partial charge in [-0.15, -0.1) is 0 Å². The second-order valence-corrected chi connectivity index (χ2v) is 19.2. The molecule has 0 aromatic heterocycles. The average Bonchev–Trinajstić information content (AvgIpc) is 3.80. The van der Waals surface area contributed by atoms with Gasteiger partial charge in [0.15, 0.2) is 0 Å². The van der Waals surface area contributed by atoms with Gasteiger partial charge in [-0.25, -0.2) is 0 Å². The molecule has 0 bridgehead atoms. The molecular weight excluding hydrogens is 743 g/mol. The van der Waals surface area contributed by atoms with E-state index < -0.39 is 0 Å². The Labute approximate surface area is 374 Å². The second-order valence-electron chi connectivity index (χ2n) is 19.2. The standard InChI is InChI=1S/C53H105N3O4/c1-5-9-13-17-19-25-34-49(33-23-15-11-7-3)47-54-52(58)39-27-21-31-41-55(43-44-56(45-46-57)51-37-29-30-38-51)42-32-22-28-40-53(59)60-48-50(35-24-16-12-8-4)36-26-20-18-14-10-6-2/h49-51,57H,5-48H2,1-4H3,(H,54,58). The largest absolute Gasteiger partial charge is 0.465 e.